The number of nitrogens with two attached hydrogens (primary N) is 1. The van der Waals surface area contributed by atoms with Crippen LogP contribution < -0.4 is 21.8 Å². The number of hydrogen-bond donors (Lipinski definition) is 5. The van der Waals surface area contributed by atoms with E-state index in [1.54, 1.807) is 7.11 Å². The largest absolute Gasteiger partial charge is 0.480 e. The summed E-state index contributed by atoms with van der Waals surface area (Å²) in [6.07, 6.45) is 3.24. The molecule has 5 atom stereocenters. The van der Waals surface area contributed by atoms with Crippen molar-refractivity contribution in [3.63, 3.8) is 0 Å². The topological polar surface area (TPSA) is 138 Å². The number of amides is 1. The molecule has 0 aromatic carbocycles. The van der Waals surface area contributed by atoms with Gasteiger partial charge in [-0.1, -0.05) is 13.3 Å². The van der Waals surface area contributed by atoms with Gasteiger partial charge in [0.2, 0.25) is 5.91 Å². The molecule has 0 aromatic rings. The van der Waals surface area contributed by atoms with Gasteiger partial charge in [0.1, 0.15) is 12.4 Å². The standard InChI is InChI=1S/C15H29N5O4/c1-5-6-15(3,24-4)13(19-9(2)21)12-10(17-8-18-16)7-11(20-12)14(22)23/h8,10-13,20H,5-7,16H2,1-4H3,(H,17,18)(H,19,21)(H,22,23)/t10-,11-,12-,13-,15+/m1/s1. The van der Waals surface area contributed by atoms with Gasteiger partial charge in [-0.15, -0.1) is 0 Å². The van der Waals surface area contributed by atoms with Crippen molar-refractivity contribution in [2.75, 3.05) is 7.11 Å². The molecule has 9 heteroatoms. The summed E-state index contributed by atoms with van der Waals surface area (Å²) in [7, 11) is 1.60. The van der Waals surface area contributed by atoms with Crippen LogP contribution in [0.2, 0.25) is 0 Å². The lowest BCUT2D eigenvalue weighted by molar-refractivity contribution is -0.139. The minimum atomic E-state index is -0.940. The fourth-order valence-corrected chi connectivity index (χ4v) is 3.35. The number of nitrogens with one attached hydrogen (secondary N) is 3. The van der Waals surface area contributed by atoms with E-state index in [2.05, 4.69) is 21.1 Å². The normalized spacial score (nSPS) is 27.6. The Kier molecular flexibility index (Phi) is 7.43. The van der Waals surface area contributed by atoms with Crippen molar-refractivity contribution in [3.8, 4) is 0 Å². The quantitative estimate of drug-likeness (QED) is 0.163. The minimum absolute atomic E-state index is 0.203. The first kappa shape index (κ1) is 20.2. The molecular formula is C15H29N5O4. The van der Waals surface area contributed by atoms with Crippen molar-refractivity contribution >= 4 is 18.2 Å². The Hall–Kier alpha value is -1.87. The van der Waals surface area contributed by atoms with E-state index in [0.29, 0.717) is 12.8 Å². The van der Waals surface area contributed by atoms with Crippen LogP contribution in [-0.4, -0.2) is 60.2 Å². The van der Waals surface area contributed by atoms with Crippen LogP contribution in [0.1, 0.15) is 40.0 Å². The van der Waals surface area contributed by atoms with Crippen molar-refractivity contribution in [1.82, 2.24) is 16.0 Å². The van der Waals surface area contributed by atoms with Crippen molar-refractivity contribution in [2.24, 2.45) is 10.9 Å². The Morgan fingerprint density at radius 2 is 2.25 bits per heavy atom. The number of carboxylic acids is 1. The molecular weight excluding hydrogens is 314 g/mol. The van der Waals surface area contributed by atoms with Crippen LogP contribution in [0, 0.1) is 0 Å². The number of ether oxygens (including phenoxy) is 1. The maximum Gasteiger partial charge on any atom is 0.320 e. The number of methoxy groups -OCH3 is 1. The van der Waals surface area contributed by atoms with Crippen molar-refractivity contribution in [1.29, 1.82) is 0 Å². The first-order chi connectivity index (χ1) is 11.3. The summed E-state index contributed by atoms with van der Waals surface area (Å²) >= 11 is 0. The predicted molar refractivity (Wildman–Crippen MR) is 90.5 cm³/mol. The summed E-state index contributed by atoms with van der Waals surface area (Å²) in [5.41, 5.74) is -0.648. The highest BCUT2D eigenvalue weighted by atomic mass is 16.5. The number of rotatable bonds is 9. The molecule has 0 aromatic heterocycles. The van der Waals surface area contributed by atoms with E-state index in [1.165, 1.54) is 13.3 Å². The Morgan fingerprint density at radius 1 is 1.58 bits per heavy atom. The Balaban J connectivity index is 3.15. The van der Waals surface area contributed by atoms with E-state index in [4.69, 9.17) is 10.6 Å². The van der Waals surface area contributed by atoms with Crippen molar-refractivity contribution < 1.29 is 19.4 Å². The molecule has 1 aliphatic rings. The van der Waals surface area contributed by atoms with E-state index in [-0.39, 0.29) is 18.0 Å². The third-order valence-corrected chi connectivity index (χ3v) is 4.57. The minimum Gasteiger partial charge on any atom is -0.480 e. The average molecular weight is 343 g/mol. The van der Waals surface area contributed by atoms with Gasteiger partial charge in [-0.25, -0.2) is 0 Å². The fraction of sp³-hybridized carbons (Fsp3) is 0.800. The average Bonchev–Trinajstić information content (AvgIpc) is 2.94. The maximum absolute atomic E-state index is 11.7. The molecule has 0 unspecified atom stereocenters. The monoisotopic (exact) mass is 343 g/mol. The third-order valence-electron chi connectivity index (χ3n) is 4.57. The number of hydrogen-bond acceptors (Lipinski definition) is 6. The summed E-state index contributed by atoms with van der Waals surface area (Å²) in [4.78, 5) is 23.1. The summed E-state index contributed by atoms with van der Waals surface area (Å²) in [6.45, 7) is 5.38. The van der Waals surface area contributed by atoms with E-state index < -0.39 is 23.7 Å². The molecule has 0 bridgehead atoms. The lowest BCUT2D eigenvalue weighted by Crippen LogP contribution is -2.64. The number of aliphatic carboxylic acids is 1. The molecule has 138 valence electrons. The first-order valence-corrected chi connectivity index (χ1v) is 8.08. The first-order valence-electron chi connectivity index (χ1n) is 8.08. The van der Waals surface area contributed by atoms with Gasteiger partial charge >= 0.3 is 5.97 Å². The number of carbonyl (C=O) groups excluding carboxylic acids is 1. The zero-order valence-electron chi connectivity index (χ0n) is 14.7. The number of hydrazone groups is 1. The van der Waals surface area contributed by atoms with Gasteiger partial charge < -0.3 is 26.3 Å². The summed E-state index contributed by atoms with van der Waals surface area (Å²) < 4.78 is 5.71. The number of carbonyl (C=O) groups is 2. The van der Waals surface area contributed by atoms with Crippen LogP contribution in [0.4, 0.5) is 0 Å². The fourth-order valence-electron chi connectivity index (χ4n) is 3.35. The van der Waals surface area contributed by atoms with Crippen LogP contribution in [0.25, 0.3) is 0 Å². The number of nitrogens with zero attached hydrogens (tertiary/aromatic N) is 1. The second-order valence-electron chi connectivity index (χ2n) is 6.32. The van der Waals surface area contributed by atoms with Crippen molar-refractivity contribution in [3.05, 3.63) is 0 Å². The zero-order chi connectivity index (χ0) is 18.3. The second kappa shape index (κ2) is 8.84. The van der Waals surface area contributed by atoms with E-state index in [1.807, 2.05) is 13.8 Å². The highest BCUT2D eigenvalue weighted by Gasteiger charge is 2.48. The molecule has 6 N–H and O–H groups in total. The lowest BCUT2D eigenvalue weighted by Gasteiger charge is -2.42. The molecule has 1 amide bonds. The van der Waals surface area contributed by atoms with E-state index in [9.17, 15) is 14.7 Å². The highest BCUT2D eigenvalue weighted by molar-refractivity contribution is 5.75. The van der Waals surface area contributed by atoms with E-state index in [0.717, 1.165) is 6.42 Å². The molecule has 0 saturated carbocycles. The van der Waals surface area contributed by atoms with Gasteiger partial charge in [0.15, 0.2) is 0 Å². The Morgan fingerprint density at radius 3 is 2.71 bits per heavy atom. The molecule has 1 saturated heterocycles. The second-order valence-corrected chi connectivity index (χ2v) is 6.32. The molecule has 1 aliphatic heterocycles. The van der Waals surface area contributed by atoms with Gasteiger partial charge in [0, 0.05) is 20.1 Å². The van der Waals surface area contributed by atoms with Crippen LogP contribution in [0.15, 0.2) is 5.10 Å². The van der Waals surface area contributed by atoms with Crippen LogP contribution in [0.5, 0.6) is 0 Å². The smallest absolute Gasteiger partial charge is 0.320 e. The summed E-state index contributed by atoms with van der Waals surface area (Å²) in [6, 6.07) is -1.77. The maximum atomic E-state index is 11.7. The molecule has 0 radical (unpaired) electrons. The number of carboxylic acid groups (broad SMARTS) is 1. The van der Waals surface area contributed by atoms with Crippen LogP contribution in [-0.2, 0) is 14.3 Å². The van der Waals surface area contributed by atoms with E-state index >= 15 is 0 Å². The Bertz CT molecular complexity index is 473. The molecule has 1 rings (SSSR count). The van der Waals surface area contributed by atoms with Gasteiger partial charge in [-0.05, 0) is 19.8 Å². The SMILES string of the molecule is CCC[C@](C)(OC)[C@H](NC(C)=O)[C@@H]1N[C@@H](C(=O)O)C[C@H]1NC=NN. The predicted octanol–water partition coefficient (Wildman–Crippen LogP) is -0.628. The lowest BCUT2D eigenvalue weighted by atomic mass is 9.83. The van der Waals surface area contributed by atoms with Gasteiger partial charge in [-0.3, -0.25) is 14.9 Å². The summed E-state index contributed by atoms with van der Waals surface area (Å²) in [5.74, 6) is 4.00. The molecule has 0 aliphatic carbocycles. The van der Waals surface area contributed by atoms with Crippen molar-refractivity contribution in [2.45, 2.75) is 69.8 Å². The highest BCUT2D eigenvalue weighted by Crippen LogP contribution is 2.28. The van der Waals surface area contributed by atoms with Crippen LogP contribution >= 0.6 is 0 Å². The van der Waals surface area contributed by atoms with Gasteiger partial charge in [-0.2, -0.15) is 5.10 Å². The van der Waals surface area contributed by atoms with Gasteiger partial charge in [0.05, 0.1) is 17.7 Å². The Labute approximate surface area is 142 Å². The molecule has 0 spiro atoms. The molecule has 9 nitrogen and oxygen atoms in total. The molecule has 1 fully saturated rings. The molecule has 1 heterocycles. The molecule has 24 heavy (non-hydrogen) atoms. The van der Waals surface area contributed by atoms with Crippen LogP contribution in [0.3, 0.4) is 0 Å². The summed E-state index contributed by atoms with van der Waals surface area (Å²) in [5, 5.41) is 21.8. The third kappa shape index (κ3) is 4.81. The van der Waals surface area contributed by atoms with Gasteiger partial charge in [0.25, 0.3) is 0 Å². The zero-order valence-corrected chi connectivity index (χ0v) is 14.7.